The fourth-order valence-electron chi connectivity index (χ4n) is 8.01. The molecule has 0 spiro atoms. The number of para-hydroxylation sites is 2. The molecule has 2 aromatic heterocycles. The molecule has 0 radical (unpaired) electrons. The fraction of sp³-hybridized carbons (Fsp3) is 0.0408. The molecule has 9 aromatic rings. The molecule has 0 saturated heterocycles. The van der Waals surface area contributed by atoms with Gasteiger partial charge in [0.15, 0.2) is 0 Å². The zero-order chi connectivity index (χ0) is 35.5. The van der Waals surface area contributed by atoms with Gasteiger partial charge < -0.3 is 13.9 Å². The summed E-state index contributed by atoms with van der Waals surface area (Å²) in [5.41, 5.74) is 11.6. The summed E-state index contributed by atoms with van der Waals surface area (Å²) < 4.78 is 9.01. The van der Waals surface area contributed by atoms with Crippen LogP contribution >= 0.6 is 0 Å². The van der Waals surface area contributed by atoms with E-state index in [-0.39, 0.29) is 0 Å². The molecular weight excluding hydrogens is 647 g/mol. The molecule has 0 atom stereocenters. The maximum absolute atomic E-state index is 6.62. The number of hydrogen-bond donors (Lipinski definition) is 0. The van der Waals surface area contributed by atoms with Crippen molar-refractivity contribution in [3.63, 3.8) is 0 Å². The number of hydrogen-bond acceptors (Lipinski definition) is 3. The molecule has 0 fully saturated rings. The number of nitrogens with zero attached hydrogens (tertiary/aromatic N) is 3. The van der Waals surface area contributed by atoms with Crippen LogP contribution in [0, 0.1) is 0 Å². The third kappa shape index (κ3) is 4.95. The van der Waals surface area contributed by atoms with E-state index in [2.05, 4.69) is 168 Å². The van der Waals surface area contributed by atoms with Gasteiger partial charge in [-0.25, -0.2) is 4.99 Å². The second-order valence-corrected chi connectivity index (χ2v) is 13.6. The van der Waals surface area contributed by atoms with Crippen molar-refractivity contribution in [3.8, 4) is 16.8 Å². The summed E-state index contributed by atoms with van der Waals surface area (Å²) in [6.45, 7) is 2.02. The van der Waals surface area contributed by atoms with Crippen molar-refractivity contribution in [2.75, 3.05) is 11.9 Å². The van der Waals surface area contributed by atoms with Crippen molar-refractivity contribution in [1.29, 1.82) is 0 Å². The predicted octanol–water partition coefficient (Wildman–Crippen LogP) is 10.8. The largest absolute Gasteiger partial charge is 0.456 e. The summed E-state index contributed by atoms with van der Waals surface area (Å²) >= 11 is 0. The Morgan fingerprint density at radius 2 is 1.30 bits per heavy atom. The van der Waals surface area contributed by atoms with Crippen molar-refractivity contribution in [2.24, 2.45) is 4.99 Å². The number of allylic oxidation sites excluding steroid dienone is 2. The SMILES string of the molecule is C\C=C/C=c1/oc2ccc(-c3ccc4c(c3)c3c5ccccc5ccc3n4-c3ccccc3)cc2/c1=C1\N=C(c2ccccc2)c2ccccc2N1C. The molecule has 10 rings (SSSR count). The Kier molecular flexibility index (Phi) is 7.22. The van der Waals surface area contributed by atoms with Gasteiger partial charge in [0.2, 0.25) is 0 Å². The Morgan fingerprint density at radius 1 is 0.604 bits per heavy atom. The van der Waals surface area contributed by atoms with Crippen LogP contribution in [0.25, 0.3) is 72.3 Å². The highest BCUT2D eigenvalue weighted by Gasteiger charge is 2.24. The Hall–Kier alpha value is -6.91. The van der Waals surface area contributed by atoms with E-state index in [0.717, 1.165) is 66.8 Å². The zero-order valence-electron chi connectivity index (χ0n) is 29.5. The molecule has 53 heavy (non-hydrogen) atoms. The first-order valence-electron chi connectivity index (χ1n) is 18.1. The number of furan rings is 1. The topological polar surface area (TPSA) is 33.7 Å². The first-order chi connectivity index (χ1) is 26.2. The summed E-state index contributed by atoms with van der Waals surface area (Å²) in [6, 6.07) is 56.2. The minimum Gasteiger partial charge on any atom is -0.456 e. The monoisotopic (exact) mass is 681 g/mol. The second-order valence-electron chi connectivity index (χ2n) is 13.6. The number of rotatable bonds is 4. The number of benzene rings is 7. The van der Waals surface area contributed by atoms with Gasteiger partial charge in [-0.3, -0.25) is 0 Å². The standard InChI is InChI=1S/C49H35N3O/c1-3-4-23-45-47(49-50-48(33-16-7-5-8-17-33)38-21-13-14-22-41(38)51(49)2)40-31-35(26-29-44(40)53-45)34-25-27-42-39(30-34)46-37-20-12-11-15-32(37)24-28-43(46)52(42)36-18-9-6-10-19-36/h3-31H,1-2H3/b4-3-,45-23+,49-47-. The maximum atomic E-state index is 6.62. The molecule has 4 nitrogen and oxygen atoms in total. The van der Waals surface area contributed by atoms with Crippen LogP contribution in [-0.2, 0) is 0 Å². The summed E-state index contributed by atoms with van der Waals surface area (Å²) in [5.74, 6) is 0.849. The summed E-state index contributed by atoms with van der Waals surface area (Å²) in [7, 11) is 2.10. The van der Waals surface area contributed by atoms with Crippen LogP contribution in [0.15, 0.2) is 179 Å². The van der Waals surface area contributed by atoms with Crippen LogP contribution < -0.4 is 15.5 Å². The minimum atomic E-state index is 0.778. The molecule has 0 bridgehead atoms. The average Bonchev–Trinajstić information content (AvgIpc) is 3.76. The first kappa shape index (κ1) is 30.9. The van der Waals surface area contributed by atoms with E-state index in [1.807, 2.05) is 31.2 Å². The van der Waals surface area contributed by atoms with Gasteiger partial charge in [0.05, 0.1) is 27.7 Å². The first-order valence-corrected chi connectivity index (χ1v) is 18.1. The number of aromatic nitrogens is 1. The Labute approximate surface area is 307 Å². The molecule has 4 heteroatoms. The van der Waals surface area contributed by atoms with Crippen molar-refractivity contribution in [2.45, 2.75) is 6.92 Å². The van der Waals surface area contributed by atoms with Gasteiger partial charge in [-0.2, -0.15) is 0 Å². The van der Waals surface area contributed by atoms with Gasteiger partial charge >= 0.3 is 0 Å². The second kappa shape index (κ2) is 12.4. The van der Waals surface area contributed by atoms with Crippen molar-refractivity contribution in [3.05, 3.63) is 192 Å². The van der Waals surface area contributed by atoms with Crippen LogP contribution in [0.2, 0.25) is 0 Å². The Bertz CT molecular complexity index is 3070. The zero-order valence-corrected chi connectivity index (χ0v) is 29.5. The highest BCUT2D eigenvalue weighted by atomic mass is 16.3. The van der Waals surface area contributed by atoms with Crippen LogP contribution in [0.3, 0.4) is 0 Å². The van der Waals surface area contributed by atoms with Gasteiger partial charge in [0.1, 0.15) is 16.8 Å². The normalized spacial score (nSPS) is 14.6. The van der Waals surface area contributed by atoms with Crippen LogP contribution in [0.5, 0.6) is 0 Å². The summed E-state index contributed by atoms with van der Waals surface area (Å²) in [4.78, 5) is 7.62. The molecule has 1 aliphatic rings. The lowest BCUT2D eigenvalue weighted by Gasteiger charge is -2.28. The van der Waals surface area contributed by atoms with E-state index in [0.29, 0.717) is 0 Å². The molecule has 3 heterocycles. The number of fused-ring (bicyclic) bond motifs is 7. The van der Waals surface area contributed by atoms with Crippen LogP contribution in [0.4, 0.5) is 5.69 Å². The van der Waals surface area contributed by atoms with E-state index in [1.54, 1.807) is 0 Å². The van der Waals surface area contributed by atoms with Crippen molar-refractivity contribution >= 4 is 66.8 Å². The van der Waals surface area contributed by atoms with E-state index >= 15 is 0 Å². The summed E-state index contributed by atoms with van der Waals surface area (Å²) in [6.07, 6.45) is 6.10. The highest BCUT2D eigenvalue weighted by Crippen LogP contribution is 2.39. The average molecular weight is 682 g/mol. The quantitative estimate of drug-likeness (QED) is 0.185. The molecular formula is C49H35N3O. The molecule has 0 aliphatic carbocycles. The van der Waals surface area contributed by atoms with Crippen LogP contribution in [0.1, 0.15) is 18.1 Å². The highest BCUT2D eigenvalue weighted by molar-refractivity contribution is 6.22. The lowest BCUT2D eigenvalue weighted by atomic mass is 9.97. The van der Waals surface area contributed by atoms with Gasteiger partial charge in [0, 0.05) is 40.0 Å². The van der Waals surface area contributed by atoms with Crippen LogP contribution in [-0.4, -0.2) is 17.3 Å². The third-order valence-electron chi connectivity index (χ3n) is 10.5. The van der Waals surface area contributed by atoms with E-state index in [1.165, 1.54) is 32.6 Å². The molecule has 0 unspecified atom stereocenters. The van der Waals surface area contributed by atoms with Gasteiger partial charge in [-0.15, -0.1) is 0 Å². The lowest BCUT2D eigenvalue weighted by Crippen LogP contribution is -2.33. The van der Waals surface area contributed by atoms with E-state index in [9.17, 15) is 0 Å². The molecule has 7 aromatic carbocycles. The van der Waals surface area contributed by atoms with Gasteiger partial charge in [0.25, 0.3) is 0 Å². The minimum absolute atomic E-state index is 0.778. The van der Waals surface area contributed by atoms with Crippen molar-refractivity contribution < 1.29 is 4.42 Å². The molecule has 0 amide bonds. The molecule has 0 saturated carbocycles. The molecule has 252 valence electrons. The van der Waals surface area contributed by atoms with Crippen molar-refractivity contribution in [1.82, 2.24) is 4.57 Å². The third-order valence-corrected chi connectivity index (χ3v) is 10.5. The lowest BCUT2D eigenvalue weighted by molar-refractivity contribution is 0.575. The Morgan fingerprint density at radius 3 is 2.13 bits per heavy atom. The predicted molar refractivity (Wildman–Crippen MR) is 222 cm³/mol. The Balaban J connectivity index is 1.25. The fourth-order valence-corrected chi connectivity index (χ4v) is 8.01. The smallest absolute Gasteiger partial charge is 0.145 e. The molecule has 1 aliphatic heterocycles. The van der Waals surface area contributed by atoms with E-state index in [4.69, 9.17) is 9.41 Å². The molecule has 0 N–H and O–H groups in total. The van der Waals surface area contributed by atoms with E-state index < -0.39 is 0 Å². The maximum Gasteiger partial charge on any atom is 0.145 e. The van der Waals surface area contributed by atoms with Gasteiger partial charge in [-0.05, 0) is 83.4 Å². The number of aliphatic imine (C=N–C) groups is 1. The summed E-state index contributed by atoms with van der Waals surface area (Å²) in [5, 5.41) is 6.96. The van der Waals surface area contributed by atoms with Gasteiger partial charge in [-0.1, -0.05) is 121 Å². The number of anilines is 1.